The van der Waals surface area contributed by atoms with E-state index in [1.807, 2.05) is 14.0 Å². The molecule has 0 atom stereocenters. The van der Waals surface area contributed by atoms with Gasteiger partial charge in [-0.25, -0.2) is 9.97 Å². The van der Waals surface area contributed by atoms with E-state index in [1.165, 1.54) is 11.3 Å². The zero-order valence-electron chi connectivity index (χ0n) is 14.9. The summed E-state index contributed by atoms with van der Waals surface area (Å²) < 4.78 is 5.06. The van der Waals surface area contributed by atoms with Gasteiger partial charge in [0.05, 0.1) is 10.3 Å². The number of fused-ring (bicyclic) bond motifs is 1. The Labute approximate surface area is 147 Å². The van der Waals surface area contributed by atoms with Crippen molar-refractivity contribution in [3.05, 3.63) is 16.8 Å². The minimum atomic E-state index is 0.0642. The number of nitrogens with one attached hydrogen (secondary N) is 1. The molecule has 132 valence electrons. The molecule has 7 heteroatoms. The molecule has 0 aliphatic heterocycles. The molecule has 0 fully saturated rings. The Morgan fingerprint density at radius 2 is 2.17 bits per heavy atom. The highest BCUT2D eigenvalue weighted by atomic mass is 32.1. The van der Waals surface area contributed by atoms with E-state index in [-0.39, 0.29) is 5.91 Å². The predicted octanol–water partition coefficient (Wildman–Crippen LogP) is 3.32. The molecule has 2 aromatic rings. The number of aromatic nitrogens is 2. The molecule has 0 saturated heterocycles. The van der Waals surface area contributed by atoms with Crippen LogP contribution in [0.4, 0.5) is 5.82 Å². The molecule has 1 N–H and O–H groups in total. The molecule has 0 spiro atoms. The molecule has 2 aromatic heterocycles. The average Bonchev–Trinajstić information content (AvgIpc) is 2.93. The van der Waals surface area contributed by atoms with Gasteiger partial charge < -0.3 is 15.0 Å². The van der Waals surface area contributed by atoms with Crippen molar-refractivity contribution < 1.29 is 9.53 Å². The van der Waals surface area contributed by atoms with Gasteiger partial charge >= 0.3 is 0 Å². The number of thiophene rings is 1. The molecule has 0 saturated carbocycles. The average molecular weight is 350 g/mol. The maximum Gasteiger partial charge on any atom is 0.264 e. The normalized spacial score (nSPS) is 11.0. The molecule has 0 radical (unpaired) electrons. The van der Waals surface area contributed by atoms with Gasteiger partial charge in [0.2, 0.25) is 0 Å². The predicted molar refractivity (Wildman–Crippen MR) is 99.0 cm³/mol. The van der Waals surface area contributed by atoms with Crippen molar-refractivity contribution in [2.24, 2.45) is 0 Å². The van der Waals surface area contributed by atoms with Gasteiger partial charge in [-0.05, 0) is 25.3 Å². The lowest BCUT2D eigenvalue weighted by atomic mass is 10.2. The Morgan fingerprint density at radius 3 is 2.88 bits per heavy atom. The Balaban J connectivity index is 2.24. The van der Waals surface area contributed by atoms with Gasteiger partial charge in [0.1, 0.15) is 17.0 Å². The summed E-state index contributed by atoms with van der Waals surface area (Å²) in [6, 6.07) is 0. The van der Waals surface area contributed by atoms with Crippen molar-refractivity contribution in [1.82, 2.24) is 14.9 Å². The van der Waals surface area contributed by atoms with E-state index < -0.39 is 0 Å². The first-order valence-corrected chi connectivity index (χ1v) is 9.14. The summed E-state index contributed by atoms with van der Waals surface area (Å²) in [7, 11) is 3.55. The van der Waals surface area contributed by atoms with Crippen LogP contribution in [0.2, 0.25) is 0 Å². The van der Waals surface area contributed by atoms with Crippen LogP contribution >= 0.6 is 11.3 Å². The van der Waals surface area contributed by atoms with Crippen LogP contribution in [-0.2, 0) is 4.74 Å². The topological polar surface area (TPSA) is 67.4 Å². The number of carbonyl (C=O) groups excluding carboxylic acids is 1. The van der Waals surface area contributed by atoms with Crippen molar-refractivity contribution in [3.8, 4) is 0 Å². The largest absolute Gasteiger partial charge is 0.385 e. The van der Waals surface area contributed by atoms with Crippen LogP contribution in [0.5, 0.6) is 0 Å². The van der Waals surface area contributed by atoms with Crippen LogP contribution in [-0.4, -0.2) is 54.6 Å². The minimum Gasteiger partial charge on any atom is -0.385 e. The van der Waals surface area contributed by atoms with Crippen LogP contribution in [0.15, 0.2) is 6.33 Å². The summed E-state index contributed by atoms with van der Waals surface area (Å²) in [5, 5.41) is 4.28. The Bertz CT molecular complexity index is 687. The molecule has 1 amide bonds. The summed E-state index contributed by atoms with van der Waals surface area (Å²) in [5.74, 6) is 0.856. The smallest absolute Gasteiger partial charge is 0.264 e. The highest BCUT2D eigenvalue weighted by molar-refractivity contribution is 7.20. The first kappa shape index (κ1) is 18.6. The minimum absolute atomic E-state index is 0.0642. The van der Waals surface area contributed by atoms with E-state index in [9.17, 15) is 4.79 Å². The summed E-state index contributed by atoms with van der Waals surface area (Å²) in [6.45, 7) is 6.35. The first-order valence-electron chi connectivity index (χ1n) is 8.32. The van der Waals surface area contributed by atoms with Gasteiger partial charge in [-0.3, -0.25) is 4.79 Å². The van der Waals surface area contributed by atoms with Crippen LogP contribution < -0.4 is 5.32 Å². The van der Waals surface area contributed by atoms with Crippen molar-refractivity contribution in [2.45, 2.75) is 33.1 Å². The molecule has 6 nitrogen and oxygen atoms in total. The number of hydrogen-bond donors (Lipinski definition) is 1. The van der Waals surface area contributed by atoms with Gasteiger partial charge in [0, 0.05) is 33.9 Å². The molecule has 2 rings (SSSR count). The fraction of sp³-hybridized carbons (Fsp3) is 0.588. The number of amides is 1. The van der Waals surface area contributed by atoms with Gasteiger partial charge in [0.25, 0.3) is 5.91 Å². The number of anilines is 1. The maximum absolute atomic E-state index is 12.7. The number of carbonyl (C=O) groups is 1. The van der Waals surface area contributed by atoms with Crippen LogP contribution in [0.1, 0.15) is 41.4 Å². The highest BCUT2D eigenvalue weighted by Crippen LogP contribution is 2.33. The first-order chi connectivity index (χ1) is 11.6. The molecule has 0 unspecified atom stereocenters. The molecular formula is C17H26N4O2S. The van der Waals surface area contributed by atoms with E-state index in [2.05, 4.69) is 22.2 Å². The van der Waals surface area contributed by atoms with Gasteiger partial charge in [-0.2, -0.15) is 0 Å². The third-order valence-electron chi connectivity index (χ3n) is 3.93. The zero-order chi connectivity index (χ0) is 17.5. The summed E-state index contributed by atoms with van der Waals surface area (Å²) in [4.78, 5) is 24.8. The van der Waals surface area contributed by atoms with Gasteiger partial charge in [0.15, 0.2) is 0 Å². The lowest BCUT2D eigenvalue weighted by Crippen LogP contribution is -2.27. The number of unbranched alkanes of at least 4 members (excludes halogenated alkanes) is 1. The number of rotatable bonds is 9. The van der Waals surface area contributed by atoms with Crippen molar-refractivity contribution in [1.29, 1.82) is 0 Å². The molecule has 2 heterocycles. The number of hydrogen-bond acceptors (Lipinski definition) is 6. The number of nitrogens with zero attached hydrogens (tertiary/aromatic N) is 3. The third-order valence-corrected chi connectivity index (χ3v) is 5.12. The van der Waals surface area contributed by atoms with E-state index >= 15 is 0 Å². The van der Waals surface area contributed by atoms with Crippen LogP contribution in [0.25, 0.3) is 10.2 Å². The monoisotopic (exact) mass is 350 g/mol. The number of ether oxygens (including phenoxy) is 1. The fourth-order valence-electron chi connectivity index (χ4n) is 2.50. The lowest BCUT2D eigenvalue weighted by molar-refractivity contribution is 0.0797. The van der Waals surface area contributed by atoms with Crippen LogP contribution in [0, 0.1) is 6.92 Å². The lowest BCUT2D eigenvalue weighted by Gasteiger charge is -2.16. The third kappa shape index (κ3) is 4.21. The summed E-state index contributed by atoms with van der Waals surface area (Å²) in [6.07, 6.45) is 4.53. The van der Waals surface area contributed by atoms with E-state index in [0.717, 1.165) is 58.8 Å². The second-order valence-corrected chi connectivity index (χ2v) is 6.81. The quantitative estimate of drug-likeness (QED) is 0.703. The second-order valence-electron chi connectivity index (χ2n) is 5.81. The SMILES string of the molecule is CCCCN(C)C(=O)c1sc2ncnc(NCCCOC)c2c1C. The van der Waals surface area contributed by atoms with E-state index in [4.69, 9.17) is 4.74 Å². The molecule has 0 bridgehead atoms. The Morgan fingerprint density at radius 1 is 1.38 bits per heavy atom. The highest BCUT2D eigenvalue weighted by Gasteiger charge is 2.21. The van der Waals surface area contributed by atoms with Crippen molar-refractivity contribution in [2.75, 3.05) is 39.2 Å². The molecular weight excluding hydrogens is 324 g/mol. The zero-order valence-corrected chi connectivity index (χ0v) is 15.7. The van der Waals surface area contributed by atoms with Gasteiger partial charge in [-0.15, -0.1) is 11.3 Å². The fourth-order valence-corrected chi connectivity index (χ4v) is 3.65. The van der Waals surface area contributed by atoms with Crippen molar-refractivity contribution >= 4 is 33.3 Å². The van der Waals surface area contributed by atoms with Gasteiger partial charge in [-0.1, -0.05) is 13.3 Å². The summed E-state index contributed by atoms with van der Waals surface area (Å²) >= 11 is 1.44. The Hall–Kier alpha value is -1.73. The van der Waals surface area contributed by atoms with Crippen LogP contribution in [0.3, 0.4) is 0 Å². The molecule has 0 aromatic carbocycles. The number of aryl methyl sites for hydroxylation is 1. The van der Waals surface area contributed by atoms with Crippen molar-refractivity contribution in [3.63, 3.8) is 0 Å². The standard InChI is InChI=1S/C17H26N4O2S/c1-5-6-9-21(3)17(22)14-12(2)13-15(18-8-7-10-23-4)19-11-20-16(13)24-14/h11H,5-10H2,1-4H3,(H,18,19,20). The maximum atomic E-state index is 12.7. The molecule has 24 heavy (non-hydrogen) atoms. The number of methoxy groups -OCH3 is 1. The second kappa shape index (κ2) is 8.94. The molecule has 0 aliphatic carbocycles. The molecule has 0 aliphatic rings. The van der Waals surface area contributed by atoms with E-state index in [0.29, 0.717) is 6.61 Å². The van der Waals surface area contributed by atoms with E-state index in [1.54, 1.807) is 18.3 Å². The summed E-state index contributed by atoms with van der Waals surface area (Å²) in [5.41, 5.74) is 0.957. The Kier molecular flexibility index (Phi) is 6.93.